The lowest BCUT2D eigenvalue weighted by Crippen LogP contribution is -2.50. The summed E-state index contributed by atoms with van der Waals surface area (Å²) in [4.78, 5) is 128. The minimum Gasteiger partial charge on any atom is -0.481 e. The normalized spacial score (nSPS) is 16.0. The van der Waals surface area contributed by atoms with E-state index in [0.29, 0.717) is 86.8 Å². The van der Waals surface area contributed by atoms with Gasteiger partial charge >= 0.3 is 12.1 Å². The van der Waals surface area contributed by atoms with E-state index in [1.54, 1.807) is 25.5 Å². The Morgan fingerprint density at radius 3 is 2.33 bits per heavy atom. The zero-order valence-electron chi connectivity index (χ0n) is 51.8. The van der Waals surface area contributed by atoms with Gasteiger partial charge in [-0.15, -0.1) is 11.3 Å². The molecule has 0 spiro atoms. The maximum absolute atomic E-state index is 14.9. The molecule has 21 nitrogen and oxygen atoms in total. The Morgan fingerprint density at radius 1 is 0.940 bits per heavy atom. The molecule has 0 saturated carbocycles. The van der Waals surface area contributed by atoms with Gasteiger partial charge in [0, 0.05) is 94.5 Å². The number of amides is 6. The van der Waals surface area contributed by atoms with E-state index in [0.717, 1.165) is 42.7 Å². The summed E-state index contributed by atoms with van der Waals surface area (Å²) < 4.78 is 16.1. The fraction of sp³-hybridized carbons (Fsp3) is 0.705. The van der Waals surface area contributed by atoms with Gasteiger partial charge < -0.3 is 50.8 Å². The van der Waals surface area contributed by atoms with Crippen LogP contribution in [0.4, 0.5) is 10.5 Å². The number of ketones is 2. The van der Waals surface area contributed by atoms with Crippen molar-refractivity contribution in [2.24, 2.45) is 29.6 Å². The number of carbonyl (C=O) groups excluding carboxylic acids is 8. The van der Waals surface area contributed by atoms with E-state index in [1.165, 1.54) is 18.8 Å². The number of hydrogen-bond acceptors (Lipinski definition) is 16. The van der Waals surface area contributed by atoms with Crippen LogP contribution in [0.5, 0.6) is 0 Å². The van der Waals surface area contributed by atoms with Crippen LogP contribution in [-0.4, -0.2) is 170 Å². The van der Waals surface area contributed by atoms with E-state index >= 15 is 0 Å². The smallest absolute Gasteiger partial charge is 0.407 e. The molecule has 1 aliphatic rings. The molecule has 4 unspecified atom stereocenters. The SMILES string of the molecule is CCCN(C(=O)[C@@H](CC(=O)C1CCCCN1C)C(C)CC)[C@H](C[C@@H](OC(=O)NC)c1nc(C(=O)N[C@@H](Cc2ccc(C)c(NC(=O)CCCNC(=O)C(CCCCNC(=O)COCCOC)CC(=O)CSC)c2)CC(C)C(=O)O)cs1)C(C)C. The lowest BCUT2D eigenvalue weighted by atomic mass is 9.82. The molecule has 23 heteroatoms. The molecule has 0 radical (unpaired) electrons. The molecule has 1 aromatic heterocycles. The fourth-order valence-electron chi connectivity index (χ4n) is 10.4. The molecule has 8 atom stereocenters. The van der Waals surface area contributed by atoms with Crippen LogP contribution >= 0.6 is 23.1 Å². The van der Waals surface area contributed by atoms with Crippen molar-refractivity contribution in [3.05, 3.63) is 45.4 Å². The quantitative estimate of drug-likeness (QED) is 0.0347. The number of benzene rings is 1. The molecule has 472 valence electrons. The lowest BCUT2D eigenvalue weighted by Gasteiger charge is -2.39. The summed E-state index contributed by atoms with van der Waals surface area (Å²) in [5, 5.41) is 26.0. The zero-order valence-corrected chi connectivity index (χ0v) is 53.4. The number of nitrogens with one attached hydrogen (secondary N) is 5. The third kappa shape index (κ3) is 25.6. The number of piperidine rings is 1. The minimum absolute atomic E-state index is 0.0307. The maximum atomic E-state index is 14.9. The van der Waals surface area contributed by atoms with E-state index < -0.39 is 53.9 Å². The molecular formula is C61H98N8O13S2. The fourth-order valence-corrected chi connectivity index (χ4v) is 11.7. The number of thioether (sulfide) groups is 1. The summed E-state index contributed by atoms with van der Waals surface area (Å²) in [5.74, 6) is -4.27. The molecule has 3 rings (SSSR count). The number of aromatic nitrogens is 1. The number of alkyl carbamates (subject to hydrolysis) is 1. The Balaban J connectivity index is 1.74. The van der Waals surface area contributed by atoms with Crippen LogP contribution in [0.15, 0.2) is 23.6 Å². The van der Waals surface area contributed by atoms with Crippen molar-refractivity contribution in [1.82, 2.24) is 36.1 Å². The number of carboxylic acid groups (broad SMARTS) is 1. The Bertz CT molecular complexity index is 2420. The van der Waals surface area contributed by atoms with Crippen LogP contribution in [0.25, 0.3) is 0 Å². The molecule has 2 aromatic rings. The largest absolute Gasteiger partial charge is 0.481 e. The first kappa shape index (κ1) is 72.8. The number of thiazole rings is 1. The first-order valence-electron chi connectivity index (χ1n) is 30.0. The Morgan fingerprint density at radius 2 is 1.68 bits per heavy atom. The molecule has 6 N–H and O–H groups in total. The summed E-state index contributed by atoms with van der Waals surface area (Å²) in [7, 11) is 4.96. The van der Waals surface area contributed by atoms with Gasteiger partial charge in [-0.1, -0.05) is 72.9 Å². The highest BCUT2D eigenvalue weighted by Gasteiger charge is 2.39. The van der Waals surface area contributed by atoms with Crippen LogP contribution < -0.4 is 26.6 Å². The molecule has 1 fully saturated rings. The van der Waals surface area contributed by atoms with E-state index in [-0.39, 0.29) is 110 Å². The van der Waals surface area contributed by atoms with E-state index in [2.05, 4.69) is 31.5 Å². The number of rotatable bonds is 41. The number of Topliss-reactive ketones (excluding diaryl/α,β-unsaturated/α-hetero) is 2. The van der Waals surface area contributed by atoms with Crippen LogP contribution in [0.3, 0.4) is 0 Å². The Labute approximate surface area is 506 Å². The van der Waals surface area contributed by atoms with Crippen LogP contribution in [-0.2, 0) is 54.2 Å². The predicted molar refractivity (Wildman–Crippen MR) is 328 cm³/mol. The highest BCUT2D eigenvalue weighted by atomic mass is 32.2. The molecule has 0 bridgehead atoms. The van der Waals surface area contributed by atoms with Gasteiger partial charge in [-0.05, 0) is 107 Å². The highest BCUT2D eigenvalue weighted by molar-refractivity contribution is 7.99. The molecule has 1 aromatic carbocycles. The van der Waals surface area contributed by atoms with Gasteiger partial charge in [0.15, 0.2) is 11.9 Å². The summed E-state index contributed by atoms with van der Waals surface area (Å²) in [5.41, 5.74) is 2.05. The molecule has 2 heterocycles. The average molecular weight is 1220 g/mol. The maximum Gasteiger partial charge on any atom is 0.407 e. The third-order valence-electron chi connectivity index (χ3n) is 15.5. The number of methoxy groups -OCH3 is 1. The van der Waals surface area contributed by atoms with Crippen molar-refractivity contribution >= 4 is 82.0 Å². The molecule has 6 amide bonds. The second kappa shape index (κ2) is 39.3. The van der Waals surface area contributed by atoms with Gasteiger partial charge in [-0.2, -0.15) is 11.8 Å². The number of likely N-dealkylation sites (N-methyl/N-ethyl adjacent to an activating group) is 1. The van der Waals surface area contributed by atoms with Gasteiger partial charge in [0.25, 0.3) is 5.91 Å². The standard InChI is InChI=1S/C61H98N8O13S2/c1-12-26-69(59(76)47(40(5)13-2)34-52(71)50-20-15-17-27-68(50)9)51(39(3)4)35-53(82-61(79)62-8)58-67-49(38-84-58)57(75)65-45(30-42(7)60(77)78)31-43-23-22-41(6)48(32-43)66-54(72)21-18-25-64-56(74)44(33-46(70)37-83-11)19-14-16-24-63-55(73)36-81-29-28-80-10/h22-23,32,38-40,42,44-45,47,50-51,53H,12-21,24-31,33-37H2,1-11H3,(H,62,79)(H,63,73)(H,64,74)(H,65,75)(H,66,72)(H,77,78)/t40?,42?,44?,45-,47+,50?,51-,53-/m1/s1. The van der Waals surface area contributed by atoms with Crippen LogP contribution in [0.1, 0.15) is 164 Å². The third-order valence-corrected chi connectivity index (χ3v) is 17.1. The lowest BCUT2D eigenvalue weighted by molar-refractivity contribution is -0.144. The topological polar surface area (TPSA) is 281 Å². The molecular weight excluding hydrogens is 1120 g/mol. The summed E-state index contributed by atoms with van der Waals surface area (Å²) >= 11 is 2.52. The first-order chi connectivity index (χ1) is 40.1. The monoisotopic (exact) mass is 1210 g/mol. The van der Waals surface area contributed by atoms with E-state index in [4.69, 9.17) is 19.2 Å². The molecule has 1 saturated heterocycles. The van der Waals surface area contributed by atoms with E-state index in [1.807, 2.05) is 71.9 Å². The van der Waals surface area contributed by atoms with Crippen molar-refractivity contribution in [3.8, 4) is 0 Å². The highest BCUT2D eigenvalue weighted by Crippen LogP contribution is 2.34. The van der Waals surface area contributed by atoms with Gasteiger partial charge in [0.05, 0.1) is 30.9 Å². The van der Waals surface area contributed by atoms with Crippen LogP contribution in [0, 0.1) is 36.5 Å². The van der Waals surface area contributed by atoms with Crippen molar-refractivity contribution in [1.29, 1.82) is 0 Å². The second-order valence-corrected chi connectivity index (χ2v) is 24.4. The van der Waals surface area contributed by atoms with E-state index in [9.17, 15) is 48.3 Å². The first-order valence-corrected chi connectivity index (χ1v) is 32.3. The Kier molecular flexibility index (Phi) is 34.0. The number of carboxylic acids is 1. The van der Waals surface area contributed by atoms with Crippen molar-refractivity contribution in [2.45, 2.75) is 169 Å². The number of aliphatic carboxylic acids is 1. The number of anilines is 1. The van der Waals surface area contributed by atoms with Gasteiger partial charge in [-0.3, -0.25) is 43.3 Å². The number of aryl methyl sites for hydroxylation is 1. The van der Waals surface area contributed by atoms with Gasteiger partial charge in [0.1, 0.15) is 23.1 Å². The average Bonchev–Trinajstić information content (AvgIpc) is 4.13. The summed E-state index contributed by atoms with van der Waals surface area (Å²) in [6.07, 6.45) is 7.06. The number of carbonyl (C=O) groups is 9. The number of unbranched alkanes of at least 4 members (excludes halogenated alkanes) is 1. The summed E-state index contributed by atoms with van der Waals surface area (Å²) in [6, 6.07) is 4.11. The molecule has 84 heavy (non-hydrogen) atoms. The predicted octanol–water partition coefficient (Wildman–Crippen LogP) is 7.78. The number of ether oxygens (including phenoxy) is 3. The number of nitrogens with zero attached hydrogens (tertiary/aromatic N) is 3. The van der Waals surface area contributed by atoms with Gasteiger partial charge in [-0.25, -0.2) is 9.78 Å². The van der Waals surface area contributed by atoms with Crippen molar-refractivity contribution in [3.63, 3.8) is 0 Å². The van der Waals surface area contributed by atoms with Crippen molar-refractivity contribution < 1.29 is 62.5 Å². The number of hydrogen-bond donors (Lipinski definition) is 6. The van der Waals surface area contributed by atoms with Crippen LogP contribution in [0.2, 0.25) is 0 Å². The second-order valence-electron chi connectivity index (χ2n) is 22.7. The molecule has 0 aliphatic carbocycles. The minimum atomic E-state index is -1.04. The zero-order chi connectivity index (χ0) is 62.3. The Hall–Kier alpha value is -5.49. The summed E-state index contributed by atoms with van der Waals surface area (Å²) in [6.45, 7) is 16.0. The number of likely N-dealkylation sites (tertiary alicyclic amines) is 1. The molecule has 1 aliphatic heterocycles. The van der Waals surface area contributed by atoms with Gasteiger partial charge in [0.2, 0.25) is 23.6 Å². The van der Waals surface area contributed by atoms with Crippen molar-refractivity contribution in [2.75, 3.05) is 84.5 Å².